The van der Waals surface area contributed by atoms with Crippen LogP contribution in [0, 0.1) is 5.92 Å². The summed E-state index contributed by atoms with van der Waals surface area (Å²) in [4.78, 5) is 21.3. The number of rotatable bonds is 6. The van der Waals surface area contributed by atoms with Crippen molar-refractivity contribution in [2.45, 2.75) is 19.4 Å². The number of ether oxygens (including phenoxy) is 2. The normalized spacial score (nSPS) is 14.7. The summed E-state index contributed by atoms with van der Waals surface area (Å²) in [5.74, 6) is 2.31. The molecule has 168 valence electrons. The Hall–Kier alpha value is -4.15. The fourth-order valence-corrected chi connectivity index (χ4v) is 4.01. The molecule has 0 saturated heterocycles. The lowest BCUT2D eigenvalue weighted by Crippen LogP contribution is -2.14. The average Bonchev–Trinajstić information content (AvgIpc) is 3.25. The molecule has 0 bridgehead atoms. The Bertz CT molecular complexity index is 1390. The number of nitrogens with zero attached hydrogens (tertiary/aromatic N) is 6. The highest BCUT2D eigenvalue weighted by Gasteiger charge is 2.30. The third-order valence-electron chi connectivity index (χ3n) is 5.73. The summed E-state index contributed by atoms with van der Waals surface area (Å²) in [6, 6.07) is 7.52. The van der Waals surface area contributed by atoms with E-state index in [1.165, 1.54) is 0 Å². The van der Waals surface area contributed by atoms with Gasteiger partial charge in [-0.1, -0.05) is 6.07 Å². The van der Waals surface area contributed by atoms with Gasteiger partial charge in [-0.3, -0.25) is 9.48 Å². The van der Waals surface area contributed by atoms with E-state index in [1.807, 2.05) is 25.2 Å². The summed E-state index contributed by atoms with van der Waals surface area (Å²) in [5, 5.41) is 16.1. The molecule has 1 aromatic carbocycles. The molecule has 11 nitrogen and oxygen atoms in total. The molecule has 0 atom stereocenters. The standard InChI is InChI=1S/C22H22N8O3/c1-29-11-23-19(27-29)13-4-3-5-14(18(13)32-2)24-15-10-16(26-21(31)12-6-7-12)25-20-17(15)22-30(28-20)8-9-33-22/h3-5,10-12,24H,6-9H2,1-2H3,(H,25,26,28,31). The van der Waals surface area contributed by atoms with Gasteiger partial charge in [0, 0.05) is 19.0 Å². The minimum Gasteiger partial charge on any atom is -0.494 e. The van der Waals surface area contributed by atoms with Crippen molar-refractivity contribution in [3.8, 4) is 23.0 Å². The van der Waals surface area contributed by atoms with Crippen LogP contribution >= 0.6 is 0 Å². The zero-order valence-corrected chi connectivity index (χ0v) is 18.2. The van der Waals surface area contributed by atoms with Gasteiger partial charge in [-0.05, 0) is 25.0 Å². The molecule has 1 aliphatic carbocycles. The van der Waals surface area contributed by atoms with Gasteiger partial charge in [0.25, 0.3) is 0 Å². The fraction of sp³-hybridized carbons (Fsp3) is 0.318. The smallest absolute Gasteiger partial charge is 0.228 e. The van der Waals surface area contributed by atoms with E-state index in [0.717, 1.165) is 23.8 Å². The number of pyridine rings is 1. The van der Waals surface area contributed by atoms with Gasteiger partial charge in [0.05, 0.1) is 30.6 Å². The number of aromatic nitrogens is 6. The van der Waals surface area contributed by atoms with Gasteiger partial charge in [-0.2, -0.15) is 5.10 Å². The molecule has 0 radical (unpaired) electrons. The summed E-state index contributed by atoms with van der Waals surface area (Å²) in [6.45, 7) is 1.21. The lowest BCUT2D eigenvalue weighted by molar-refractivity contribution is -0.117. The summed E-state index contributed by atoms with van der Waals surface area (Å²) in [6.07, 6.45) is 3.47. The van der Waals surface area contributed by atoms with Gasteiger partial charge >= 0.3 is 0 Å². The highest BCUT2D eigenvalue weighted by atomic mass is 16.5. The lowest BCUT2D eigenvalue weighted by Gasteiger charge is -2.15. The van der Waals surface area contributed by atoms with Gasteiger partial charge < -0.3 is 20.1 Å². The molecule has 33 heavy (non-hydrogen) atoms. The second-order valence-electron chi connectivity index (χ2n) is 8.15. The highest BCUT2D eigenvalue weighted by Crippen LogP contribution is 2.41. The van der Waals surface area contributed by atoms with Crippen molar-refractivity contribution in [2.24, 2.45) is 13.0 Å². The maximum absolute atomic E-state index is 12.4. The molecular formula is C22H22N8O3. The third-order valence-corrected chi connectivity index (χ3v) is 5.73. The van der Waals surface area contributed by atoms with Crippen LogP contribution in [0.4, 0.5) is 17.2 Å². The Morgan fingerprint density at radius 3 is 2.88 bits per heavy atom. The van der Waals surface area contributed by atoms with Crippen molar-refractivity contribution < 1.29 is 14.3 Å². The molecule has 1 aliphatic heterocycles. The molecule has 1 fully saturated rings. The first-order valence-electron chi connectivity index (χ1n) is 10.8. The number of nitrogens with one attached hydrogen (secondary N) is 2. The summed E-state index contributed by atoms with van der Waals surface area (Å²) < 4.78 is 15.0. The predicted octanol–water partition coefficient (Wildman–Crippen LogP) is 2.72. The first-order valence-corrected chi connectivity index (χ1v) is 10.8. The van der Waals surface area contributed by atoms with E-state index in [2.05, 4.69) is 30.8 Å². The SMILES string of the molecule is COc1c(Nc2cc(NC(=O)C3CC3)nc3nn4c(c23)OCC4)cccc1-c1ncn(C)n1. The molecule has 1 saturated carbocycles. The molecule has 11 heteroatoms. The van der Waals surface area contributed by atoms with E-state index in [4.69, 9.17) is 9.47 Å². The van der Waals surface area contributed by atoms with E-state index in [9.17, 15) is 4.79 Å². The van der Waals surface area contributed by atoms with Crippen molar-refractivity contribution >= 4 is 34.1 Å². The number of amides is 1. The van der Waals surface area contributed by atoms with Gasteiger partial charge in [-0.25, -0.2) is 14.6 Å². The van der Waals surface area contributed by atoms with E-state index >= 15 is 0 Å². The Labute approximate surface area is 188 Å². The quantitative estimate of drug-likeness (QED) is 0.464. The van der Waals surface area contributed by atoms with Gasteiger partial charge in [0.15, 0.2) is 17.2 Å². The number of benzene rings is 1. The zero-order chi connectivity index (χ0) is 22.5. The van der Waals surface area contributed by atoms with Crippen molar-refractivity contribution in [2.75, 3.05) is 24.4 Å². The molecule has 6 rings (SSSR count). The first-order chi connectivity index (χ1) is 16.1. The van der Waals surface area contributed by atoms with Crippen LogP contribution in [0.15, 0.2) is 30.6 Å². The van der Waals surface area contributed by atoms with Crippen LogP contribution in [0.1, 0.15) is 12.8 Å². The molecule has 1 amide bonds. The van der Waals surface area contributed by atoms with E-state index in [-0.39, 0.29) is 11.8 Å². The van der Waals surface area contributed by atoms with Crippen LogP contribution in [0.5, 0.6) is 11.6 Å². The predicted molar refractivity (Wildman–Crippen MR) is 121 cm³/mol. The first kappa shape index (κ1) is 19.5. The number of carbonyl (C=O) groups is 1. The molecule has 4 aromatic rings. The molecule has 0 spiro atoms. The van der Waals surface area contributed by atoms with Crippen LogP contribution in [-0.4, -0.2) is 49.2 Å². The second-order valence-corrected chi connectivity index (χ2v) is 8.15. The zero-order valence-electron chi connectivity index (χ0n) is 18.2. The van der Waals surface area contributed by atoms with Crippen LogP contribution in [0.2, 0.25) is 0 Å². The Kier molecular flexibility index (Phi) is 4.42. The minimum absolute atomic E-state index is 0.0170. The molecule has 3 aromatic heterocycles. The van der Waals surface area contributed by atoms with Crippen LogP contribution in [-0.2, 0) is 18.4 Å². The number of hydrogen-bond donors (Lipinski definition) is 2. The Morgan fingerprint density at radius 2 is 2.12 bits per heavy atom. The van der Waals surface area contributed by atoms with E-state index in [0.29, 0.717) is 53.4 Å². The Morgan fingerprint density at radius 1 is 1.24 bits per heavy atom. The number of hydrogen-bond acceptors (Lipinski definition) is 8. The summed E-state index contributed by atoms with van der Waals surface area (Å²) in [7, 11) is 3.42. The number of aryl methyl sites for hydroxylation is 1. The monoisotopic (exact) mass is 446 g/mol. The molecule has 2 aliphatic rings. The summed E-state index contributed by atoms with van der Waals surface area (Å²) in [5.41, 5.74) is 2.68. The second kappa shape index (κ2) is 7.47. The maximum Gasteiger partial charge on any atom is 0.228 e. The highest BCUT2D eigenvalue weighted by molar-refractivity contribution is 6.00. The molecular weight excluding hydrogens is 424 g/mol. The van der Waals surface area contributed by atoms with Crippen molar-refractivity contribution in [3.63, 3.8) is 0 Å². The fourth-order valence-electron chi connectivity index (χ4n) is 4.01. The topological polar surface area (TPSA) is 121 Å². The molecule has 0 unspecified atom stereocenters. The molecule has 4 heterocycles. The average molecular weight is 446 g/mol. The molecule has 2 N–H and O–H groups in total. The lowest BCUT2D eigenvalue weighted by atomic mass is 10.1. The van der Waals surface area contributed by atoms with Crippen LogP contribution in [0.25, 0.3) is 22.4 Å². The van der Waals surface area contributed by atoms with Gasteiger partial charge in [0.2, 0.25) is 11.8 Å². The third kappa shape index (κ3) is 3.41. The van der Waals surface area contributed by atoms with Gasteiger partial charge in [-0.15, -0.1) is 5.10 Å². The van der Waals surface area contributed by atoms with E-state index in [1.54, 1.807) is 28.9 Å². The maximum atomic E-state index is 12.4. The minimum atomic E-state index is -0.0170. The number of carbonyl (C=O) groups excluding carboxylic acids is 1. The number of anilines is 3. The van der Waals surface area contributed by atoms with Crippen LogP contribution in [0.3, 0.4) is 0 Å². The van der Waals surface area contributed by atoms with Crippen molar-refractivity contribution in [3.05, 3.63) is 30.6 Å². The largest absolute Gasteiger partial charge is 0.494 e. The van der Waals surface area contributed by atoms with Crippen LogP contribution < -0.4 is 20.1 Å². The Balaban J connectivity index is 1.45. The van der Waals surface area contributed by atoms with Crippen molar-refractivity contribution in [1.82, 2.24) is 29.5 Å². The van der Waals surface area contributed by atoms with E-state index < -0.39 is 0 Å². The van der Waals surface area contributed by atoms with Crippen molar-refractivity contribution in [1.29, 1.82) is 0 Å². The van der Waals surface area contributed by atoms with Gasteiger partial charge in [0.1, 0.15) is 24.1 Å². The summed E-state index contributed by atoms with van der Waals surface area (Å²) >= 11 is 0. The number of methoxy groups -OCH3 is 1. The number of para-hydroxylation sites is 1. The number of fused-ring (bicyclic) bond motifs is 3.